The lowest BCUT2D eigenvalue weighted by Crippen LogP contribution is -2.51. The molecule has 2 heterocycles. The predicted octanol–water partition coefficient (Wildman–Crippen LogP) is 0.120. The van der Waals surface area contributed by atoms with Crippen molar-refractivity contribution in [1.29, 1.82) is 0 Å². The summed E-state index contributed by atoms with van der Waals surface area (Å²) in [7, 11) is -3.36. The third kappa shape index (κ3) is 4.39. The molecule has 0 radical (unpaired) electrons. The zero-order valence-electron chi connectivity index (χ0n) is 12.3. The summed E-state index contributed by atoms with van der Waals surface area (Å²) in [6, 6.07) is -0.0279. The summed E-state index contributed by atoms with van der Waals surface area (Å²) >= 11 is 0. The molecule has 0 saturated carbocycles. The van der Waals surface area contributed by atoms with E-state index < -0.39 is 10.2 Å². The van der Waals surface area contributed by atoms with Crippen LogP contribution in [0.3, 0.4) is 0 Å². The number of hydrogen-bond donors (Lipinski definition) is 2. The molecule has 0 amide bonds. The molecule has 2 rings (SSSR count). The number of likely N-dealkylation sites (tertiary alicyclic amines) is 1. The van der Waals surface area contributed by atoms with Crippen LogP contribution in [-0.4, -0.2) is 62.9 Å². The fourth-order valence-corrected chi connectivity index (χ4v) is 4.64. The molecule has 0 aromatic heterocycles. The molecule has 0 spiro atoms. The van der Waals surface area contributed by atoms with Gasteiger partial charge in [0.25, 0.3) is 10.2 Å². The van der Waals surface area contributed by atoms with Crippen molar-refractivity contribution in [2.45, 2.75) is 44.6 Å². The van der Waals surface area contributed by atoms with Crippen LogP contribution in [0, 0.1) is 0 Å². The Bertz CT molecular complexity index is 382. The Balaban J connectivity index is 1.74. The minimum absolute atomic E-state index is 0.0279. The lowest BCUT2D eigenvalue weighted by atomic mass is 10.1. The molecule has 1 unspecified atom stereocenters. The van der Waals surface area contributed by atoms with Crippen LogP contribution in [-0.2, 0) is 10.2 Å². The number of nitrogens with zero attached hydrogens (tertiary/aromatic N) is 2. The van der Waals surface area contributed by atoms with Gasteiger partial charge in [0.15, 0.2) is 0 Å². The van der Waals surface area contributed by atoms with Crippen LogP contribution < -0.4 is 10.5 Å². The second kappa shape index (κ2) is 7.70. The Morgan fingerprint density at radius 3 is 2.50 bits per heavy atom. The summed E-state index contributed by atoms with van der Waals surface area (Å²) in [5, 5.41) is 0. The lowest BCUT2D eigenvalue weighted by Gasteiger charge is -2.33. The topological polar surface area (TPSA) is 78.7 Å². The average Bonchev–Trinajstić information content (AvgIpc) is 2.97. The Hall–Kier alpha value is -0.210. The van der Waals surface area contributed by atoms with Gasteiger partial charge in [-0.3, -0.25) is 0 Å². The van der Waals surface area contributed by atoms with Crippen LogP contribution in [0.1, 0.15) is 38.5 Å². The molecule has 2 saturated heterocycles. The van der Waals surface area contributed by atoms with Crippen LogP contribution >= 0.6 is 0 Å². The van der Waals surface area contributed by atoms with Gasteiger partial charge in [0.05, 0.1) is 0 Å². The molecule has 0 aliphatic carbocycles. The van der Waals surface area contributed by atoms with Crippen LogP contribution in [0.2, 0.25) is 0 Å². The van der Waals surface area contributed by atoms with Gasteiger partial charge in [-0.15, -0.1) is 0 Å². The summed E-state index contributed by atoms with van der Waals surface area (Å²) in [5.74, 6) is 0. The van der Waals surface area contributed by atoms with Gasteiger partial charge in [-0.25, -0.2) is 4.72 Å². The molecule has 20 heavy (non-hydrogen) atoms. The molecule has 6 nitrogen and oxygen atoms in total. The van der Waals surface area contributed by atoms with Gasteiger partial charge in [-0.05, 0) is 51.7 Å². The van der Waals surface area contributed by atoms with E-state index in [1.54, 1.807) is 4.31 Å². The summed E-state index contributed by atoms with van der Waals surface area (Å²) in [5.41, 5.74) is 5.69. The van der Waals surface area contributed by atoms with E-state index in [-0.39, 0.29) is 6.04 Å². The van der Waals surface area contributed by atoms with Crippen molar-refractivity contribution in [2.75, 3.05) is 39.3 Å². The van der Waals surface area contributed by atoms with Crippen molar-refractivity contribution in [3.05, 3.63) is 0 Å². The lowest BCUT2D eigenvalue weighted by molar-refractivity contribution is 0.254. The fourth-order valence-electron chi connectivity index (χ4n) is 3.12. The highest BCUT2D eigenvalue weighted by atomic mass is 32.2. The van der Waals surface area contributed by atoms with Crippen molar-refractivity contribution in [3.63, 3.8) is 0 Å². The summed E-state index contributed by atoms with van der Waals surface area (Å²) in [6.45, 7) is 4.84. The molecule has 118 valence electrons. The van der Waals surface area contributed by atoms with E-state index in [0.29, 0.717) is 19.6 Å². The van der Waals surface area contributed by atoms with Crippen LogP contribution in [0.5, 0.6) is 0 Å². The van der Waals surface area contributed by atoms with Crippen LogP contribution in [0.4, 0.5) is 0 Å². The van der Waals surface area contributed by atoms with Gasteiger partial charge in [-0.1, -0.05) is 6.42 Å². The number of piperidine rings is 1. The van der Waals surface area contributed by atoms with Gasteiger partial charge in [-0.2, -0.15) is 12.7 Å². The first-order valence-corrected chi connectivity index (χ1v) is 9.26. The Labute approximate surface area is 122 Å². The summed E-state index contributed by atoms with van der Waals surface area (Å²) in [6.07, 6.45) is 6.31. The maximum absolute atomic E-state index is 12.3. The minimum Gasteiger partial charge on any atom is -0.329 e. The van der Waals surface area contributed by atoms with E-state index >= 15 is 0 Å². The van der Waals surface area contributed by atoms with Crippen molar-refractivity contribution in [1.82, 2.24) is 13.9 Å². The highest BCUT2D eigenvalue weighted by Gasteiger charge is 2.30. The molecular weight excluding hydrogens is 276 g/mol. The highest BCUT2D eigenvalue weighted by molar-refractivity contribution is 7.87. The molecule has 2 aliphatic rings. The van der Waals surface area contributed by atoms with Crippen molar-refractivity contribution < 1.29 is 8.42 Å². The highest BCUT2D eigenvalue weighted by Crippen LogP contribution is 2.18. The second-order valence-corrected chi connectivity index (χ2v) is 7.51. The first kappa shape index (κ1) is 16.2. The van der Waals surface area contributed by atoms with Gasteiger partial charge in [0.2, 0.25) is 0 Å². The van der Waals surface area contributed by atoms with E-state index in [1.165, 1.54) is 12.8 Å². The molecule has 2 aliphatic heterocycles. The van der Waals surface area contributed by atoms with Crippen molar-refractivity contribution in [2.24, 2.45) is 5.73 Å². The number of hydrogen-bond acceptors (Lipinski definition) is 4. The van der Waals surface area contributed by atoms with E-state index in [1.807, 2.05) is 0 Å². The van der Waals surface area contributed by atoms with Crippen molar-refractivity contribution >= 4 is 10.2 Å². The average molecular weight is 304 g/mol. The first-order valence-electron chi connectivity index (χ1n) is 7.82. The van der Waals surface area contributed by atoms with Crippen LogP contribution in [0.15, 0.2) is 0 Å². The summed E-state index contributed by atoms with van der Waals surface area (Å²) in [4.78, 5) is 2.40. The number of rotatable bonds is 7. The van der Waals surface area contributed by atoms with E-state index in [4.69, 9.17) is 5.73 Å². The molecule has 0 aromatic carbocycles. The molecule has 1 atom stereocenters. The predicted molar refractivity (Wildman–Crippen MR) is 80.6 cm³/mol. The van der Waals surface area contributed by atoms with Crippen LogP contribution in [0.25, 0.3) is 0 Å². The van der Waals surface area contributed by atoms with E-state index in [0.717, 1.165) is 45.3 Å². The van der Waals surface area contributed by atoms with Gasteiger partial charge in [0, 0.05) is 25.7 Å². The Morgan fingerprint density at radius 1 is 1.10 bits per heavy atom. The molecule has 0 aromatic rings. The zero-order valence-corrected chi connectivity index (χ0v) is 13.1. The smallest absolute Gasteiger partial charge is 0.279 e. The molecular formula is C13H28N4O2S. The normalized spacial score (nSPS) is 26.1. The quantitative estimate of drug-likeness (QED) is 0.655. The second-order valence-electron chi connectivity index (χ2n) is 5.80. The van der Waals surface area contributed by atoms with Gasteiger partial charge >= 0.3 is 0 Å². The third-order valence-electron chi connectivity index (χ3n) is 4.29. The minimum atomic E-state index is -3.36. The third-order valence-corrected chi connectivity index (χ3v) is 5.96. The molecule has 7 heteroatoms. The van der Waals surface area contributed by atoms with Gasteiger partial charge < -0.3 is 10.6 Å². The van der Waals surface area contributed by atoms with Gasteiger partial charge in [0.1, 0.15) is 0 Å². The number of nitrogens with one attached hydrogen (secondary N) is 1. The Kier molecular flexibility index (Phi) is 6.22. The number of nitrogens with two attached hydrogens (primary N) is 1. The van der Waals surface area contributed by atoms with E-state index in [2.05, 4.69) is 9.62 Å². The molecule has 3 N–H and O–H groups in total. The maximum atomic E-state index is 12.3. The summed E-state index contributed by atoms with van der Waals surface area (Å²) < 4.78 is 28.9. The monoisotopic (exact) mass is 304 g/mol. The standard InChI is InChI=1S/C13H28N4O2S/c14-12-13-6-1-2-11-17(13)20(18,19)15-7-5-10-16-8-3-4-9-16/h13,15H,1-12,14H2. The zero-order chi connectivity index (χ0) is 14.4. The maximum Gasteiger partial charge on any atom is 0.279 e. The van der Waals surface area contributed by atoms with Crippen molar-refractivity contribution in [3.8, 4) is 0 Å². The Morgan fingerprint density at radius 2 is 1.80 bits per heavy atom. The fraction of sp³-hybridized carbons (Fsp3) is 1.00. The molecule has 2 fully saturated rings. The molecule has 0 bridgehead atoms. The van der Waals surface area contributed by atoms with E-state index in [9.17, 15) is 8.42 Å². The SMILES string of the molecule is NCC1CCCCN1S(=O)(=O)NCCCN1CCCC1. The first-order chi connectivity index (χ1) is 9.63. The largest absolute Gasteiger partial charge is 0.329 e.